The van der Waals surface area contributed by atoms with Crippen LogP contribution >= 0.6 is 0 Å². The highest BCUT2D eigenvalue weighted by Gasteiger charge is 2.17. The Labute approximate surface area is 119 Å². The summed E-state index contributed by atoms with van der Waals surface area (Å²) >= 11 is 0. The van der Waals surface area contributed by atoms with E-state index in [-0.39, 0.29) is 0 Å². The molecule has 0 unspecified atom stereocenters. The highest BCUT2D eigenvalue weighted by atomic mass is 16.5. The van der Waals surface area contributed by atoms with Crippen LogP contribution in [0.5, 0.6) is 5.75 Å². The molecule has 2 aromatic rings. The number of benzene rings is 1. The van der Waals surface area contributed by atoms with Gasteiger partial charge < -0.3 is 14.8 Å². The minimum atomic E-state index is -1.54. The average Bonchev–Trinajstić information content (AvgIpc) is 2.78. The second kappa shape index (κ2) is 6.11. The van der Waals surface area contributed by atoms with Crippen molar-refractivity contribution in [3.63, 3.8) is 0 Å². The molecule has 0 radical (unpaired) electrons. The zero-order valence-corrected chi connectivity index (χ0v) is 12.0. The Bertz CT molecular complexity index is 596. The van der Waals surface area contributed by atoms with E-state index in [1.54, 1.807) is 16.8 Å². The van der Waals surface area contributed by atoms with E-state index in [2.05, 4.69) is 5.10 Å². The number of aromatic nitrogens is 2. The van der Waals surface area contributed by atoms with Crippen molar-refractivity contribution >= 4 is 12.6 Å². The van der Waals surface area contributed by atoms with E-state index >= 15 is 0 Å². The van der Waals surface area contributed by atoms with E-state index in [9.17, 15) is 10.0 Å². The highest BCUT2D eigenvalue weighted by Crippen LogP contribution is 2.13. The van der Waals surface area contributed by atoms with Crippen molar-refractivity contribution in [3.05, 3.63) is 41.2 Å². The van der Waals surface area contributed by atoms with Gasteiger partial charge in [-0.2, -0.15) is 5.10 Å². The first-order valence-electron chi connectivity index (χ1n) is 6.62. The molecule has 0 atom stereocenters. The van der Waals surface area contributed by atoms with Gasteiger partial charge in [-0.05, 0) is 25.5 Å². The SMILES string of the molecule is CCc1cc(COc2ccc(C)cc2B(O)O)n(C)n1. The summed E-state index contributed by atoms with van der Waals surface area (Å²) in [6, 6.07) is 7.33. The number of nitrogens with zero attached hydrogens (tertiary/aromatic N) is 2. The molecular weight excluding hydrogens is 255 g/mol. The van der Waals surface area contributed by atoms with Crippen LogP contribution in [0.2, 0.25) is 0 Å². The standard InChI is InChI=1S/C14H19BN2O3/c1-4-11-8-12(17(3)16-11)9-20-14-6-5-10(2)7-13(14)15(18)19/h5-8,18-19H,4,9H2,1-3H3. The largest absolute Gasteiger partial charge is 0.492 e. The third-order valence-corrected chi connectivity index (χ3v) is 3.21. The normalized spacial score (nSPS) is 10.7. The van der Waals surface area contributed by atoms with Crippen molar-refractivity contribution < 1.29 is 14.8 Å². The smallest absolute Gasteiger partial charge is 0.488 e. The van der Waals surface area contributed by atoms with Gasteiger partial charge in [-0.25, -0.2) is 0 Å². The molecule has 1 aromatic heterocycles. The lowest BCUT2D eigenvalue weighted by Gasteiger charge is -2.12. The van der Waals surface area contributed by atoms with Gasteiger partial charge in [0.1, 0.15) is 12.4 Å². The molecule has 106 valence electrons. The Balaban J connectivity index is 2.16. The maximum absolute atomic E-state index is 9.38. The van der Waals surface area contributed by atoms with Gasteiger partial charge in [-0.1, -0.05) is 24.6 Å². The lowest BCUT2D eigenvalue weighted by Crippen LogP contribution is -2.31. The zero-order chi connectivity index (χ0) is 14.7. The fourth-order valence-corrected chi connectivity index (χ4v) is 2.03. The maximum Gasteiger partial charge on any atom is 0.492 e. The number of ether oxygens (including phenoxy) is 1. The van der Waals surface area contributed by atoms with Gasteiger partial charge in [0.05, 0.1) is 11.4 Å². The van der Waals surface area contributed by atoms with Crippen LogP contribution in [0.4, 0.5) is 0 Å². The average molecular weight is 274 g/mol. The second-order valence-electron chi connectivity index (χ2n) is 4.81. The first-order valence-corrected chi connectivity index (χ1v) is 6.62. The maximum atomic E-state index is 9.38. The van der Waals surface area contributed by atoms with Crippen molar-refractivity contribution in [1.82, 2.24) is 9.78 Å². The third-order valence-electron chi connectivity index (χ3n) is 3.21. The van der Waals surface area contributed by atoms with Gasteiger partial charge in [0.25, 0.3) is 0 Å². The molecule has 0 fully saturated rings. The molecule has 0 amide bonds. The number of aryl methyl sites for hydroxylation is 3. The minimum absolute atomic E-state index is 0.340. The van der Waals surface area contributed by atoms with E-state index in [0.717, 1.165) is 23.4 Å². The fourth-order valence-electron chi connectivity index (χ4n) is 2.03. The predicted octanol–water partition coefficient (Wildman–Crippen LogP) is 0.550. The molecular formula is C14H19BN2O3. The van der Waals surface area contributed by atoms with Crippen molar-refractivity contribution in [3.8, 4) is 5.75 Å². The predicted molar refractivity (Wildman–Crippen MR) is 77.9 cm³/mol. The highest BCUT2D eigenvalue weighted by molar-refractivity contribution is 6.59. The first kappa shape index (κ1) is 14.6. The molecule has 1 aromatic carbocycles. The molecule has 0 aliphatic heterocycles. The van der Waals surface area contributed by atoms with Crippen molar-refractivity contribution in [2.75, 3.05) is 0 Å². The number of rotatable bonds is 5. The number of hydrogen-bond donors (Lipinski definition) is 2. The van der Waals surface area contributed by atoms with Crippen LogP contribution in [0.15, 0.2) is 24.3 Å². The molecule has 2 rings (SSSR count). The zero-order valence-electron chi connectivity index (χ0n) is 12.0. The summed E-state index contributed by atoms with van der Waals surface area (Å²) in [6.07, 6.45) is 0.874. The van der Waals surface area contributed by atoms with Crippen LogP contribution in [0.25, 0.3) is 0 Å². The Morgan fingerprint density at radius 1 is 1.30 bits per heavy atom. The van der Waals surface area contributed by atoms with Crippen molar-refractivity contribution in [2.24, 2.45) is 7.05 Å². The number of hydrogen-bond acceptors (Lipinski definition) is 4. The Morgan fingerprint density at radius 2 is 2.05 bits per heavy atom. The molecule has 6 heteroatoms. The summed E-state index contributed by atoms with van der Waals surface area (Å²) in [7, 11) is 0.331. The van der Waals surface area contributed by atoms with Crippen molar-refractivity contribution in [2.45, 2.75) is 26.9 Å². The topological polar surface area (TPSA) is 67.5 Å². The molecule has 0 aliphatic carbocycles. The Morgan fingerprint density at radius 3 is 2.65 bits per heavy atom. The summed E-state index contributed by atoms with van der Waals surface area (Å²) in [5.41, 5.74) is 3.29. The third kappa shape index (κ3) is 3.21. The molecule has 20 heavy (non-hydrogen) atoms. The Hall–Kier alpha value is -1.79. The van der Waals surface area contributed by atoms with Crippen LogP contribution in [0.3, 0.4) is 0 Å². The summed E-state index contributed by atoms with van der Waals surface area (Å²) in [5.74, 6) is 0.477. The van der Waals surface area contributed by atoms with Gasteiger partial charge in [0.2, 0.25) is 0 Å². The summed E-state index contributed by atoms with van der Waals surface area (Å²) < 4.78 is 7.48. The molecule has 1 heterocycles. The molecule has 0 saturated heterocycles. The van der Waals surface area contributed by atoms with Crippen LogP contribution < -0.4 is 10.2 Å². The summed E-state index contributed by atoms with van der Waals surface area (Å²) in [5, 5.41) is 23.1. The quantitative estimate of drug-likeness (QED) is 0.781. The molecule has 0 bridgehead atoms. The minimum Gasteiger partial charge on any atom is -0.488 e. The summed E-state index contributed by atoms with van der Waals surface area (Å²) in [6.45, 7) is 4.28. The second-order valence-corrected chi connectivity index (χ2v) is 4.81. The van der Waals surface area contributed by atoms with E-state index in [1.165, 1.54) is 0 Å². The van der Waals surface area contributed by atoms with Gasteiger partial charge in [-0.3, -0.25) is 4.68 Å². The van der Waals surface area contributed by atoms with Gasteiger partial charge in [-0.15, -0.1) is 0 Å². The molecule has 5 nitrogen and oxygen atoms in total. The van der Waals surface area contributed by atoms with Crippen LogP contribution in [-0.4, -0.2) is 26.9 Å². The van der Waals surface area contributed by atoms with Gasteiger partial charge in [0.15, 0.2) is 0 Å². The lowest BCUT2D eigenvalue weighted by molar-refractivity contribution is 0.295. The van der Waals surface area contributed by atoms with Gasteiger partial charge in [0, 0.05) is 12.5 Å². The monoisotopic (exact) mass is 274 g/mol. The fraction of sp³-hybridized carbons (Fsp3) is 0.357. The van der Waals surface area contributed by atoms with Crippen LogP contribution in [-0.2, 0) is 20.1 Å². The van der Waals surface area contributed by atoms with Crippen LogP contribution in [0.1, 0.15) is 23.9 Å². The van der Waals surface area contributed by atoms with Gasteiger partial charge >= 0.3 is 7.12 Å². The Kier molecular flexibility index (Phi) is 4.47. The van der Waals surface area contributed by atoms with Crippen LogP contribution in [0, 0.1) is 6.92 Å². The van der Waals surface area contributed by atoms with E-state index < -0.39 is 7.12 Å². The van der Waals surface area contributed by atoms with Crippen molar-refractivity contribution in [1.29, 1.82) is 0 Å². The van der Waals surface area contributed by atoms with E-state index in [0.29, 0.717) is 17.8 Å². The molecule has 0 spiro atoms. The first-order chi connectivity index (χ1) is 9.51. The lowest BCUT2D eigenvalue weighted by atomic mass is 9.79. The molecule has 0 saturated carbocycles. The molecule has 0 aliphatic rings. The van der Waals surface area contributed by atoms with E-state index in [4.69, 9.17) is 4.74 Å². The van der Waals surface area contributed by atoms with E-state index in [1.807, 2.05) is 33.0 Å². The summed E-state index contributed by atoms with van der Waals surface area (Å²) in [4.78, 5) is 0. The molecule has 2 N–H and O–H groups in total.